The van der Waals surface area contributed by atoms with Crippen LogP contribution in [0.4, 0.5) is 0 Å². The largest absolute Gasteiger partial charge is 0.494 e. The van der Waals surface area contributed by atoms with Crippen molar-refractivity contribution in [3.8, 4) is 5.75 Å². The van der Waals surface area contributed by atoms with Gasteiger partial charge in [-0.05, 0) is 76.5 Å². The third-order valence-electron chi connectivity index (χ3n) is 4.58. The number of ether oxygens (including phenoxy) is 1. The maximum absolute atomic E-state index is 12.2. The SMILES string of the molecule is CCOc1cccc(CNC(=O)CN2CCC(CCNC)CC2)c1. The van der Waals surface area contributed by atoms with E-state index in [0.29, 0.717) is 19.7 Å². The molecule has 2 rings (SSSR count). The summed E-state index contributed by atoms with van der Waals surface area (Å²) in [7, 11) is 2.00. The summed E-state index contributed by atoms with van der Waals surface area (Å²) < 4.78 is 5.49. The Morgan fingerprint density at radius 2 is 2.12 bits per heavy atom. The van der Waals surface area contributed by atoms with Crippen LogP contribution in [-0.4, -0.2) is 50.6 Å². The first kappa shape index (κ1) is 18.7. The zero-order chi connectivity index (χ0) is 17.2. The van der Waals surface area contributed by atoms with Crippen molar-refractivity contribution in [1.82, 2.24) is 15.5 Å². The predicted molar refractivity (Wildman–Crippen MR) is 97.2 cm³/mol. The first-order valence-corrected chi connectivity index (χ1v) is 9.06. The zero-order valence-corrected chi connectivity index (χ0v) is 15.0. The van der Waals surface area contributed by atoms with Crippen LogP contribution in [0.2, 0.25) is 0 Å². The maximum Gasteiger partial charge on any atom is 0.234 e. The third-order valence-corrected chi connectivity index (χ3v) is 4.58. The number of hydrogen-bond donors (Lipinski definition) is 2. The van der Waals surface area contributed by atoms with Crippen LogP contribution in [0.3, 0.4) is 0 Å². The highest BCUT2D eigenvalue weighted by atomic mass is 16.5. The molecule has 1 fully saturated rings. The van der Waals surface area contributed by atoms with Crippen molar-refractivity contribution < 1.29 is 9.53 Å². The molecule has 134 valence electrons. The monoisotopic (exact) mass is 333 g/mol. The van der Waals surface area contributed by atoms with Gasteiger partial charge in [-0.3, -0.25) is 9.69 Å². The van der Waals surface area contributed by atoms with E-state index >= 15 is 0 Å². The molecule has 1 aliphatic heterocycles. The molecule has 0 aromatic heterocycles. The summed E-state index contributed by atoms with van der Waals surface area (Å²) in [5.41, 5.74) is 1.07. The smallest absolute Gasteiger partial charge is 0.234 e. The van der Waals surface area contributed by atoms with Crippen LogP contribution in [0.1, 0.15) is 31.7 Å². The Morgan fingerprint density at radius 3 is 2.83 bits per heavy atom. The van der Waals surface area contributed by atoms with Gasteiger partial charge in [-0.2, -0.15) is 0 Å². The molecule has 1 heterocycles. The molecular weight excluding hydrogens is 302 g/mol. The molecule has 0 radical (unpaired) electrons. The Bertz CT molecular complexity index is 499. The van der Waals surface area contributed by atoms with Gasteiger partial charge >= 0.3 is 0 Å². The lowest BCUT2D eigenvalue weighted by molar-refractivity contribution is -0.122. The molecule has 1 aromatic carbocycles. The molecule has 1 aliphatic rings. The van der Waals surface area contributed by atoms with Gasteiger partial charge in [-0.15, -0.1) is 0 Å². The van der Waals surface area contributed by atoms with Gasteiger partial charge in [0.25, 0.3) is 0 Å². The third kappa shape index (κ3) is 6.49. The molecule has 0 atom stereocenters. The topological polar surface area (TPSA) is 53.6 Å². The average Bonchev–Trinajstić information content (AvgIpc) is 2.60. The van der Waals surface area contributed by atoms with E-state index in [0.717, 1.165) is 36.9 Å². The summed E-state index contributed by atoms with van der Waals surface area (Å²) in [5, 5.41) is 6.23. The Hall–Kier alpha value is -1.59. The number of rotatable bonds is 9. The standard InChI is InChI=1S/C19H31N3O2/c1-3-24-18-6-4-5-17(13-18)14-21-19(23)15-22-11-8-16(9-12-22)7-10-20-2/h4-6,13,16,20H,3,7-12,14-15H2,1-2H3,(H,21,23). The quantitative estimate of drug-likeness (QED) is 0.726. The maximum atomic E-state index is 12.2. The average molecular weight is 333 g/mol. The number of amides is 1. The summed E-state index contributed by atoms with van der Waals surface area (Å²) >= 11 is 0. The molecule has 0 saturated carbocycles. The fourth-order valence-corrected chi connectivity index (χ4v) is 3.15. The molecule has 0 unspecified atom stereocenters. The van der Waals surface area contributed by atoms with Gasteiger partial charge in [0.1, 0.15) is 5.75 Å². The van der Waals surface area contributed by atoms with Crippen LogP contribution in [-0.2, 0) is 11.3 Å². The van der Waals surface area contributed by atoms with E-state index < -0.39 is 0 Å². The number of nitrogens with one attached hydrogen (secondary N) is 2. The van der Waals surface area contributed by atoms with Crippen LogP contribution in [0, 0.1) is 5.92 Å². The fraction of sp³-hybridized carbons (Fsp3) is 0.632. The summed E-state index contributed by atoms with van der Waals surface area (Å²) in [5.74, 6) is 1.76. The summed E-state index contributed by atoms with van der Waals surface area (Å²) in [6, 6.07) is 7.89. The lowest BCUT2D eigenvalue weighted by atomic mass is 9.93. The minimum absolute atomic E-state index is 0.102. The van der Waals surface area contributed by atoms with Gasteiger partial charge < -0.3 is 15.4 Å². The van der Waals surface area contributed by atoms with Crippen molar-refractivity contribution in [1.29, 1.82) is 0 Å². The first-order valence-electron chi connectivity index (χ1n) is 9.06. The van der Waals surface area contributed by atoms with Crippen LogP contribution < -0.4 is 15.4 Å². The zero-order valence-electron chi connectivity index (χ0n) is 15.0. The van der Waals surface area contributed by atoms with E-state index in [1.807, 2.05) is 38.2 Å². The summed E-state index contributed by atoms with van der Waals surface area (Å²) in [6.45, 7) is 6.83. The second kappa shape index (κ2) is 10.3. The van der Waals surface area contributed by atoms with Crippen molar-refractivity contribution in [2.75, 3.05) is 39.8 Å². The molecule has 0 bridgehead atoms. The van der Waals surface area contributed by atoms with Gasteiger partial charge in [0.15, 0.2) is 0 Å². The van der Waals surface area contributed by atoms with E-state index in [-0.39, 0.29) is 5.91 Å². The second-order valence-electron chi connectivity index (χ2n) is 6.47. The molecule has 5 heteroatoms. The van der Waals surface area contributed by atoms with Crippen molar-refractivity contribution in [2.45, 2.75) is 32.7 Å². The van der Waals surface area contributed by atoms with E-state index in [1.54, 1.807) is 0 Å². The number of hydrogen-bond acceptors (Lipinski definition) is 4. The summed E-state index contributed by atoms with van der Waals surface area (Å²) in [6.07, 6.45) is 3.64. The lowest BCUT2D eigenvalue weighted by Crippen LogP contribution is -2.41. The van der Waals surface area contributed by atoms with Crippen LogP contribution in [0.5, 0.6) is 5.75 Å². The van der Waals surface area contributed by atoms with Gasteiger partial charge in [-0.1, -0.05) is 12.1 Å². The molecule has 1 amide bonds. The molecular formula is C19H31N3O2. The Kier molecular flexibility index (Phi) is 8.05. The Balaban J connectivity index is 1.67. The molecule has 5 nitrogen and oxygen atoms in total. The number of likely N-dealkylation sites (tertiary alicyclic amines) is 1. The van der Waals surface area contributed by atoms with Crippen molar-refractivity contribution in [2.24, 2.45) is 5.92 Å². The minimum atomic E-state index is 0.102. The fourth-order valence-electron chi connectivity index (χ4n) is 3.15. The Morgan fingerprint density at radius 1 is 1.33 bits per heavy atom. The highest BCUT2D eigenvalue weighted by Crippen LogP contribution is 2.19. The highest BCUT2D eigenvalue weighted by Gasteiger charge is 2.20. The van der Waals surface area contributed by atoms with Gasteiger partial charge in [0.2, 0.25) is 5.91 Å². The van der Waals surface area contributed by atoms with E-state index in [2.05, 4.69) is 15.5 Å². The molecule has 1 saturated heterocycles. The van der Waals surface area contributed by atoms with Gasteiger partial charge in [0.05, 0.1) is 13.2 Å². The summed E-state index contributed by atoms with van der Waals surface area (Å²) in [4.78, 5) is 14.4. The minimum Gasteiger partial charge on any atom is -0.494 e. The van der Waals surface area contributed by atoms with Crippen LogP contribution in [0.15, 0.2) is 24.3 Å². The predicted octanol–water partition coefficient (Wildman–Crippen LogP) is 2.02. The number of benzene rings is 1. The number of piperidine rings is 1. The second-order valence-corrected chi connectivity index (χ2v) is 6.47. The van der Waals surface area contributed by atoms with Crippen molar-refractivity contribution >= 4 is 5.91 Å². The van der Waals surface area contributed by atoms with Crippen molar-refractivity contribution in [3.63, 3.8) is 0 Å². The van der Waals surface area contributed by atoms with Crippen LogP contribution in [0.25, 0.3) is 0 Å². The number of carbonyl (C=O) groups is 1. The van der Waals surface area contributed by atoms with Crippen molar-refractivity contribution in [3.05, 3.63) is 29.8 Å². The Labute approximate surface area is 145 Å². The molecule has 2 N–H and O–H groups in total. The molecule has 0 aliphatic carbocycles. The van der Waals surface area contributed by atoms with E-state index in [1.165, 1.54) is 19.3 Å². The van der Waals surface area contributed by atoms with E-state index in [4.69, 9.17) is 4.74 Å². The highest BCUT2D eigenvalue weighted by molar-refractivity contribution is 5.78. The molecule has 1 aromatic rings. The number of carbonyl (C=O) groups excluding carboxylic acids is 1. The molecule has 0 spiro atoms. The van der Waals surface area contributed by atoms with Gasteiger partial charge in [0, 0.05) is 6.54 Å². The lowest BCUT2D eigenvalue weighted by Gasteiger charge is -2.31. The van der Waals surface area contributed by atoms with Gasteiger partial charge in [-0.25, -0.2) is 0 Å². The number of nitrogens with zero attached hydrogens (tertiary/aromatic N) is 1. The first-order chi connectivity index (χ1) is 11.7. The van der Waals surface area contributed by atoms with Crippen LogP contribution >= 0.6 is 0 Å². The van der Waals surface area contributed by atoms with E-state index in [9.17, 15) is 4.79 Å². The molecule has 24 heavy (non-hydrogen) atoms. The normalized spacial score (nSPS) is 16.1.